The summed E-state index contributed by atoms with van der Waals surface area (Å²) in [5.41, 5.74) is 17.6. The van der Waals surface area contributed by atoms with Gasteiger partial charge in [-0.2, -0.15) is 5.10 Å². The molecule has 0 saturated carbocycles. The van der Waals surface area contributed by atoms with Crippen molar-refractivity contribution in [2.24, 2.45) is 0 Å². The van der Waals surface area contributed by atoms with Crippen molar-refractivity contribution in [3.8, 4) is 11.3 Å². The van der Waals surface area contributed by atoms with Crippen molar-refractivity contribution < 1.29 is 0 Å². The molecule has 31 heavy (non-hydrogen) atoms. The number of aromatic amines is 1. The van der Waals surface area contributed by atoms with E-state index in [1.54, 1.807) is 6.07 Å². The summed E-state index contributed by atoms with van der Waals surface area (Å²) in [4.78, 5) is 16.7. The van der Waals surface area contributed by atoms with Gasteiger partial charge in [-0.1, -0.05) is 36.4 Å². The average molecular weight is 412 g/mol. The predicted molar refractivity (Wildman–Crippen MR) is 127 cm³/mol. The summed E-state index contributed by atoms with van der Waals surface area (Å²) in [7, 11) is 0. The maximum Gasteiger partial charge on any atom is 0.272 e. The molecule has 5 N–H and O–H groups in total. The molecule has 1 aromatic heterocycles. The van der Waals surface area contributed by atoms with E-state index in [4.69, 9.17) is 11.5 Å². The normalized spacial score (nSPS) is 14.2. The van der Waals surface area contributed by atoms with Crippen molar-refractivity contribution in [1.82, 2.24) is 10.2 Å². The smallest absolute Gasteiger partial charge is 0.272 e. The zero-order chi connectivity index (χ0) is 21.4. The number of nitrogens with two attached hydrogens (primary N) is 2. The van der Waals surface area contributed by atoms with E-state index in [2.05, 4.69) is 26.1 Å². The van der Waals surface area contributed by atoms with E-state index in [-0.39, 0.29) is 5.56 Å². The number of rotatable bonds is 3. The summed E-state index contributed by atoms with van der Waals surface area (Å²) >= 11 is 0. The molecule has 2 heterocycles. The fourth-order valence-electron chi connectivity index (χ4n) is 4.29. The zero-order valence-corrected chi connectivity index (χ0v) is 17.1. The Kier molecular flexibility index (Phi) is 4.71. The Bertz CT molecular complexity index is 1310. The summed E-state index contributed by atoms with van der Waals surface area (Å²) in [6.45, 7) is 3.47. The molecule has 1 saturated heterocycles. The van der Waals surface area contributed by atoms with Crippen molar-refractivity contribution in [1.29, 1.82) is 0 Å². The SMILES string of the molecule is Nc1ccccc1N1CCN(c2ccc(-c3n[nH]c(=O)c4ccccc34)cc2N)CC1. The molecule has 3 aromatic carbocycles. The van der Waals surface area contributed by atoms with Crippen LogP contribution in [0.5, 0.6) is 0 Å². The molecule has 0 radical (unpaired) electrons. The molecule has 0 amide bonds. The van der Waals surface area contributed by atoms with Crippen LogP contribution in [0.1, 0.15) is 0 Å². The first-order valence-electron chi connectivity index (χ1n) is 10.3. The Labute approximate surface area is 179 Å². The van der Waals surface area contributed by atoms with Crippen molar-refractivity contribution in [2.45, 2.75) is 0 Å². The Morgan fingerprint density at radius 2 is 1.35 bits per heavy atom. The van der Waals surface area contributed by atoms with Crippen molar-refractivity contribution in [3.05, 3.63) is 77.1 Å². The monoisotopic (exact) mass is 412 g/mol. The number of nitrogens with one attached hydrogen (secondary N) is 1. The van der Waals surface area contributed by atoms with Gasteiger partial charge in [-0.3, -0.25) is 4.79 Å². The molecule has 0 spiro atoms. The number of fused-ring (bicyclic) bond motifs is 1. The first-order valence-corrected chi connectivity index (χ1v) is 10.3. The van der Waals surface area contributed by atoms with Gasteiger partial charge in [0.2, 0.25) is 0 Å². The summed E-state index contributed by atoms with van der Waals surface area (Å²) in [6, 6.07) is 21.4. The van der Waals surface area contributed by atoms with Gasteiger partial charge in [0.1, 0.15) is 0 Å². The highest BCUT2D eigenvalue weighted by Gasteiger charge is 2.20. The van der Waals surface area contributed by atoms with E-state index in [9.17, 15) is 4.79 Å². The lowest BCUT2D eigenvalue weighted by molar-refractivity contribution is 0.655. The molecule has 1 aliphatic rings. The summed E-state index contributed by atoms with van der Waals surface area (Å²) in [5.74, 6) is 0. The molecule has 0 aliphatic carbocycles. The molecular formula is C24H24N6O. The molecule has 7 nitrogen and oxygen atoms in total. The van der Waals surface area contributed by atoms with Crippen molar-refractivity contribution >= 4 is 33.5 Å². The number of H-pyrrole nitrogens is 1. The van der Waals surface area contributed by atoms with Crippen molar-refractivity contribution in [2.75, 3.05) is 47.4 Å². The number of benzene rings is 3. The highest BCUT2D eigenvalue weighted by atomic mass is 16.1. The molecule has 1 fully saturated rings. The van der Waals surface area contributed by atoms with Gasteiger partial charge in [-0.05, 0) is 30.3 Å². The van der Waals surface area contributed by atoms with Gasteiger partial charge >= 0.3 is 0 Å². The second-order valence-electron chi connectivity index (χ2n) is 7.75. The lowest BCUT2D eigenvalue weighted by Crippen LogP contribution is -2.47. The maximum absolute atomic E-state index is 12.1. The van der Waals surface area contributed by atoms with Crippen LogP contribution in [0.3, 0.4) is 0 Å². The maximum atomic E-state index is 12.1. The van der Waals surface area contributed by atoms with Gasteiger partial charge < -0.3 is 21.3 Å². The Morgan fingerprint density at radius 3 is 2.03 bits per heavy atom. The minimum Gasteiger partial charge on any atom is -0.397 e. The van der Waals surface area contributed by atoms with Crippen LogP contribution in [-0.4, -0.2) is 36.4 Å². The fraction of sp³-hybridized carbons (Fsp3) is 0.167. The molecule has 1 aliphatic heterocycles. The topological polar surface area (TPSA) is 104 Å². The number of para-hydroxylation sites is 2. The van der Waals surface area contributed by atoms with Crippen LogP contribution in [0.4, 0.5) is 22.7 Å². The van der Waals surface area contributed by atoms with Crippen LogP contribution >= 0.6 is 0 Å². The van der Waals surface area contributed by atoms with E-state index < -0.39 is 0 Å². The third kappa shape index (κ3) is 3.44. The third-order valence-corrected chi connectivity index (χ3v) is 5.89. The van der Waals surface area contributed by atoms with Gasteiger partial charge in [0.05, 0.1) is 33.8 Å². The number of aromatic nitrogens is 2. The highest BCUT2D eigenvalue weighted by molar-refractivity contribution is 5.94. The van der Waals surface area contributed by atoms with Gasteiger partial charge in [-0.15, -0.1) is 0 Å². The van der Waals surface area contributed by atoms with Crippen LogP contribution in [0, 0.1) is 0 Å². The molecule has 4 aromatic rings. The van der Waals surface area contributed by atoms with Gasteiger partial charge in [0.15, 0.2) is 0 Å². The molecule has 0 bridgehead atoms. The summed E-state index contributed by atoms with van der Waals surface area (Å²) in [5, 5.41) is 8.31. The summed E-state index contributed by atoms with van der Waals surface area (Å²) < 4.78 is 0. The Balaban J connectivity index is 1.40. The number of hydrogen-bond acceptors (Lipinski definition) is 6. The minimum atomic E-state index is -0.194. The molecule has 7 heteroatoms. The fourth-order valence-corrected chi connectivity index (χ4v) is 4.29. The number of nitrogens with zero attached hydrogens (tertiary/aromatic N) is 3. The largest absolute Gasteiger partial charge is 0.397 e. The standard InChI is InChI=1S/C24H24N6O/c25-19-7-3-4-8-21(19)29-11-13-30(14-12-29)22-10-9-16(15-20(22)26)23-17-5-1-2-6-18(17)24(31)28-27-23/h1-10,15H,11-14,25-26H2,(H,28,31). The summed E-state index contributed by atoms with van der Waals surface area (Å²) in [6.07, 6.45) is 0. The average Bonchev–Trinajstić information content (AvgIpc) is 2.80. The minimum absolute atomic E-state index is 0.194. The van der Waals surface area contributed by atoms with Gasteiger partial charge in [0, 0.05) is 37.1 Å². The van der Waals surface area contributed by atoms with Crippen LogP contribution in [0.15, 0.2) is 71.5 Å². The third-order valence-electron chi connectivity index (χ3n) is 5.89. The second kappa shape index (κ2) is 7.68. The number of hydrogen-bond donors (Lipinski definition) is 3. The Hall–Kier alpha value is -4.00. The molecule has 0 atom stereocenters. The number of anilines is 4. The lowest BCUT2D eigenvalue weighted by atomic mass is 10.0. The quantitative estimate of drug-likeness (QED) is 0.447. The number of nitrogen functional groups attached to an aromatic ring is 2. The van der Waals surface area contributed by atoms with E-state index in [0.717, 1.165) is 59.9 Å². The van der Waals surface area contributed by atoms with E-state index in [1.807, 2.05) is 54.6 Å². The van der Waals surface area contributed by atoms with Crippen molar-refractivity contribution in [3.63, 3.8) is 0 Å². The van der Waals surface area contributed by atoms with E-state index >= 15 is 0 Å². The van der Waals surface area contributed by atoms with Gasteiger partial charge in [0.25, 0.3) is 5.56 Å². The van der Waals surface area contributed by atoms with Crippen LogP contribution in [0.25, 0.3) is 22.0 Å². The van der Waals surface area contributed by atoms with E-state index in [1.165, 1.54) is 0 Å². The van der Waals surface area contributed by atoms with E-state index in [0.29, 0.717) is 11.1 Å². The first kappa shape index (κ1) is 19.0. The van der Waals surface area contributed by atoms with Crippen LogP contribution in [0.2, 0.25) is 0 Å². The van der Waals surface area contributed by atoms with Crippen LogP contribution in [-0.2, 0) is 0 Å². The molecular weight excluding hydrogens is 388 g/mol. The number of piperazine rings is 1. The first-order chi connectivity index (χ1) is 15.1. The molecule has 5 rings (SSSR count). The molecule has 156 valence electrons. The second-order valence-corrected chi connectivity index (χ2v) is 7.75. The zero-order valence-electron chi connectivity index (χ0n) is 17.1. The van der Waals surface area contributed by atoms with Gasteiger partial charge in [-0.25, -0.2) is 5.10 Å². The molecule has 0 unspecified atom stereocenters. The van der Waals surface area contributed by atoms with Crippen LogP contribution < -0.4 is 26.8 Å². The Morgan fingerprint density at radius 1 is 0.742 bits per heavy atom. The highest BCUT2D eigenvalue weighted by Crippen LogP contribution is 2.32. The predicted octanol–water partition coefficient (Wildman–Crippen LogP) is 3.08. The lowest BCUT2D eigenvalue weighted by Gasteiger charge is -2.38.